The second-order valence-corrected chi connectivity index (χ2v) is 5.08. The molecular weight excluding hydrogens is 218 g/mol. The zero-order valence-electron chi connectivity index (χ0n) is 10.9. The average Bonchev–Trinajstić information content (AvgIpc) is 2.50. The van der Waals surface area contributed by atoms with E-state index in [4.69, 9.17) is 5.73 Å². The van der Waals surface area contributed by atoms with E-state index in [1.165, 1.54) is 0 Å². The van der Waals surface area contributed by atoms with Gasteiger partial charge in [0.15, 0.2) is 0 Å². The first-order valence-corrected chi connectivity index (χ1v) is 6.45. The fraction of sp³-hybridized carbons (Fsp3) is 0.917. The highest BCUT2D eigenvalue weighted by atomic mass is 16.3. The quantitative estimate of drug-likeness (QED) is 0.618. The van der Waals surface area contributed by atoms with E-state index in [2.05, 4.69) is 24.1 Å². The summed E-state index contributed by atoms with van der Waals surface area (Å²) in [6.07, 6.45) is 2.24. The van der Waals surface area contributed by atoms with Gasteiger partial charge >= 0.3 is 0 Å². The van der Waals surface area contributed by atoms with Crippen molar-refractivity contribution in [1.29, 1.82) is 0 Å². The molecule has 17 heavy (non-hydrogen) atoms. The number of nitrogens with two attached hydrogens (primary N) is 1. The van der Waals surface area contributed by atoms with E-state index in [9.17, 15) is 9.90 Å². The minimum absolute atomic E-state index is 0.266. The molecular formula is C12H25N3O2. The zero-order chi connectivity index (χ0) is 12.8. The summed E-state index contributed by atoms with van der Waals surface area (Å²) in [5.41, 5.74) is 5.01. The predicted octanol–water partition coefficient (Wildman–Crippen LogP) is -0.315. The molecule has 4 N–H and O–H groups in total. The van der Waals surface area contributed by atoms with Crippen LogP contribution in [0.2, 0.25) is 0 Å². The van der Waals surface area contributed by atoms with Gasteiger partial charge in [0.25, 0.3) is 0 Å². The summed E-state index contributed by atoms with van der Waals surface area (Å²) in [5, 5.41) is 12.5. The molecule has 0 aromatic rings. The first-order valence-electron chi connectivity index (χ1n) is 6.45. The molecule has 2 atom stereocenters. The van der Waals surface area contributed by atoms with Gasteiger partial charge in [-0.15, -0.1) is 0 Å². The van der Waals surface area contributed by atoms with Crippen molar-refractivity contribution in [2.75, 3.05) is 19.6 Å². The fourth-order valence-electron chi connectivity index (χ4n) is 2.22. The summed E-state index contributed by atoms with van der Waals surface area (Å²) in [6.45, 7) is 6.90. The molecule has 1 heterocycles. The van der Waals surface area contributed by atoms with Gasteiger partial charge in [-0.05, 0) is 46.2 Å². The molecule has 2 unspecified atom stereocenters. The number of aliphatic hydroxyl groups excluding tert-OH is 1. The molecule has 1 aliphatic rings. The second-order valence-electron chi connectivity index (χ2n) is 5.08. The van der Waals surface area contributed by atoms with E-state index in [0.717, 1.165) is 32.4 Å². The van der Waals surface area contributed by atoms with Crippen LogP contribution >= 0.6 is 0 Å². The SMILES string of the molecule is CC(C)N1CCCC(NCC(O)C(N)=O)CC1. The minimum Gasteiger partial charge on any atom is -0.382 e. The van der Waals surface area contributed by atoms with Gasteiger partial charge < -0.3 is 21.1 Å². The first-order chi connectivity index (χ1) is 8.00. The number of nitrogens with one attached hydrogen (secondary N) is 1. The van der Waals surface area contributed by atoms with E-state index in [1.807, 2.05) is 0 Å². The summed E-state index contributed by atoms with van der Waals surface area (Å²) in [5.74, 6) is -0.657. The van der Waals surface area contributed by atoms with Gasteiger partial charge in [0.2, 0.25) is 5.91 Å². The standard InChI is InChI=1S/C12H25N3O2/c1-9(2)15-6-3-4-10(5-7-15)14-8-11(16)12(13)17/h9-11,14,16H,3-8H2,1-2H3,(H2,13,17). The topological polar surface area (TPSA) is 78.6 Å². The first kappa shape index (κ1) is 14.4. The predicted molar refractivity (Wildman–Crippen MR) is 67.6 cm³/mol. The molecule has 0 aromatic carbocycles. The number of primary amides is 1. The highest BCUT2D eigenvalue weighted by Gasteiger charge is 2.19. The molecule has 100 valence electrons. The van der Waals surface area contributed by atoms with Crippen LogP contribution in [-0.2, 0) is 4.79 Å². The Morgan fingerprint density at radius 3 is 2.76 bits per heavy atom. The number of likely N-dealkylation sites (tertiary alicyclic amines) is 1. The zero-order valence-corrected chi connectivity index (χ0v) is 10.9. The lowest BCUT2D eigenvalue weighted by Crippen LogP contribution is -2.42. The van der Waals surface area contributed by atoms with Crippen molar-refractivity contribution in [3.8, 4) is 0 Å². The Bertz CT molecular complexity index is 246. The van der Waals surface area contributed by atoms with Crippen LogP contribution < -0.4 is 11.1 Å². The number of nitrogens with zero attached hydrogens (tertiary/aromatic N) is 1. The maximum Gasteiger partial charge on any atom is 0.247 e. The molecule has 1 aliphatic heterocycles. The van der Waals surface area contributed by atoms with Crippen molar-refractivity contribution >= 4 is 5.91 Å². The summed E-state index contributed by atoms with van der Waals surface area (Å²) >= 11 is 0. The highest BCUT2D eigenvalue weighted by Crippen LogP contribution is 2.13. The van der Waals surface area contributed by atoms with Crippen LogP contribution in [0.25, 0.3) is 0 Å². The van der Waals surface area contributed by atoms with Crippen LogP contribution in [-0.4, -0.2) is 53.7 Å². The van der Waals surface area contributed by atoms with Gasteiger partial charge in [0.05, 0.1) is 0 Å². The van der Waals surface area contributed by atoms with Gasteiger partial charge in [0, 0.05) is 18.6 Å². The van der Waals surface area contributed by atoms with Gasteiger partial charge in [-0.1, -0.05) is 0 Å². The molecule has 0 saturated carbocycles. The Kier molecular flexibility index (Phi) is 5.88. The summed E-state index contributed by atoms with van der Waals surface area (Å²) in [6, 6.07) is 0.970. The van der Waals surface area contributed by atoms with Crippen LogP contribution in [0.5, 0.6) is 0 Å². The number of carbonyl (C=O) groups is 1. The van der Waals surface area contributed by atoms with Crippen molar-refractivity contribution in [3.05, 3.63) is 0 Å². The normalized spacial score (nSPS) is 24.6. The lowest BCUT2D eigenvalue weighted by Gasteiger charge is -2.24. The van der Waals surface area contributed by atoms with E-state index in [-0.39, 0.29) is 6.54 Å². The number of carbonyl (C=O) groups excluding carboxylic acids is 1. The van der Waals surface area contributed by atoms with Crippen LogP contribution in [0.15, 0.2) is 0 Å². The Hall–Kier alpha value is -0.650. The second kappa shape index (κ2) is 6.93. The fourth-order valence-corrected chi connectivity index (χ4v) is 2.22. The Morgan fingerprint density at radius 2 is 2.18 bits per heavy atom. The third kappa shape index (κ3) is 5.02. The monoisotopic (exact) mass is 243 g/mol. The lowest BCUT2D eigenvalue weighted by atomic mass is 10.1. The molecule has 0 bridgehead atoms. The summed E-state index contributed by atoms with van der Waals surface area (Å²) < 4.78 is 0. The molecule has 1 rings (SSSR count). The van der Waals surface area contributed by atoms with Crippen LogP contribution in [0, 0.1) is 0 Å². The molecule has 0 spiro atoms. The average molecular weight is 243 g/mol. The van der Waals surface area contributed by atoms with E-state index >= 15 is 0 Å². The molecule has 5 nitrogen and oxygen atoms in total. The smallest absolute Gasteiger partial charge is 0.247 e. The van der Waals surface area contributed by atoms with Crippen molar-refractivity contribution in [1.82, 2.24) is 10.2 Å². The summed E-state index contributed by atoms with van der Waals surface area (Å²) in [7, 11) is 0. The Labute approximate surface area is 103 Å². The Balaban J connectivity index is 2.29. The number of aliphatic hydroxyl groups is 1. The number of rotatable bonds is 5. The third-order valence-electron chi connectivity index (χ3n) is 3.42. The molecule has 1 saturated heterocycles. The molecule has 5 heteroatoms. The van der Waals surface area contributed by atoms with Crippen LogP contribution in [0.4, 0.5) is 0 Å². The number of hydrogen-bond acceptors (Lipinski definition) is 4. The van der Waals surface area contributed by atoms with Crippen molar-refractivity contribution in [2.45, 2.75) is 51.3 Å². The van der Waals surface area contributed by atoms with Gasteiger partial charge in [0.1, 0.15) is 6.10 Å². The molecule has 0 radical (unpaired) electrons. The highest BCUT2D eigenvalue weighted by molar-refractivity contribution is 5.78. The minimum atomic E-state index is -1.07. The molecule has 0 aromatic heterocycles. The van der Waals surface area contributed by atoms with Crippen molar-refractivity contribution < 1.29 is 9.90 Å². The van der Waals surface area contributed by atoms with Crippen LogP contribution in [0.3, 0.4) is 0 Å². The van der Waals surface area contributed by atoms with Crippen molar-refractivity contribution in [2.24, 2.45) is 5.73 Å². The molecule has 0 aliphatic carbocycles. The number of amides is 1. The third-order valence-corrected chi connectivity index (χ3v) is 3.42. The maximum absolute atomic E-state index is 10.7. The summed E-state index contributed by atoms with van der Waals surface area (Å²) in [4.78, 5) is 13.2. The molecule has 1 fully saturated rings. The lowest BCUT2D eigenvalue weighted by molar-refractivity contribution is -0.125. The Morgan fingerprint density at radius 1 is 1.47 bits per heavy atom. The maximum atomic E-state index is 10.7. The van der Waals surface area contributed by atoms with Gasteiger partial charge in [-0.25, -0.2) is 0 Å². The van der Waals surface area contributed by atoms with E-state index in [1.54, 1.807) is 0 Å². The van der Waals surface area contributed by atoms with E-state index < -0.39 is 12.0 Å². The number of hydrogen-bond donors (Lipinski definition) is 3. The van der Waals surface area contributed by atoms with Crippen molar-refractivity contribution in [3.63, 3.8) is 0 Å². The molecule has 1 amide bonds. The van der Waals surface area contributed by atoms with Gasteiger partial charge in [-0.2, -0.15) is 0 Å². The van der Waals surface area contributed by atoms with Gasteiger partial charge in [-0.3, -0.25) is 4.79 Å². The van der Waals surface area contributed by atoms with Crippen LogP contribution in [0.1, 0.15) is 33.1 Å². The van der Waals surface area contributed by atoms with E-state index in [0.29, 0.717) is 12.1 Å². The largest absolute Gasteiger partial charge is 0.382 e.